The smallest absolute Gasteiger partial charge is 0.248 e. The van der Waals surface area contributed by atoms with Gasteiger partial charge < -0.3 is 13.6 Å². The van der Waals surface area contributed by atoms with Crippen LogP contribution in [0.2, 0.25) is 0 Å². The second-order valence-electron chi connectivity index (χ2n) is 12.7. The van der Waals surface area contributed by atoms with E-state index in [9.17, 15) is 0 Å². The topological polar surface area (TPSA) is 48.8 Å². The minimum absolute atomic E-state index is 0.517. The van der Waals surface area contributed by atoms with Gasteiger partial charge in [0.25, 0.3) is 0 Å². The first kappa shape index (κ1) is 27.4. The number of hydrogen-bond donors (Lipinski definition) is 0. The van der Waals surface area contributed by atoms with Gasteiger partial charge in [-0.2, -0.15) is 0 Å². The Kier molecular flexibility index (Phi) is 6.00. The van der Waals surface area contributed by atoms with E-state index in [0.29, 0.717) is 11.8 Å². The van der Waals surface area contributed by atoms with Crippen LogP contribution in [0.5, 0.6) is 0 Å². The standard InChI is InChI=1S/C42H32N4O/c1-25-10-14-37-33(20-25)34-22-28(11-15-38(34)45(37)3)29-12-16-39-35(23-29)36-24-30(13-17-40(36)46(39)4)31-18-26(2)19-32(21-31)42-44-43-41(47-42)27-8-6-5-7-9-27/h5-24H,1-4H3. The summed E-state index contributed by atoms with van der Waals surface area (Å²) in [7, 11) is 4.31. The van der Waals surface area contributed by atoms with Gasteiger partial charge in [-0.15, -0.1) is 10.2 Å². The van der Waals surface area contributed by atoms with Crippen molar-refractivity contribution in [3.8, 4) is 45.2 Å². The summed E-state index contributed by atoms with van der Waals surface area (Å²) in [6, 6.07) is 43.5. The SMILES string of the molecule is Cc1cc(-c2ccc3c(c2)c2cc(-c4ccc5c(c4)c4cc(C)ccc4n5C)ccc2n3C)cc(-c2nnc(-c3ccccc3)o2)c1. The molecule has 0 aliphatic carbocycles. The number of benzene rings is 6. The van der Waals surface area contributed by atoms with Crippen LogP contribution in [-0.4, -0.2) is 19.3 Å². The van der Waals surface area contributed by atoms with Crippen LogP contribution in [0.15, 0.2) is 126 Å². The van der Waals surface area contributed by atoms with Crippen molar-refractivity contribution in [2.75, 3.05) is 0 Å². The van der Waals surface area contributed by atoms with Gasteiger partial charge in [0, 0.05) is 68.8 Å². The third kappa shape index (κ3) is 4.38. The Hall–Kier alpha value is -5.94. The van der Waals surface area contributed by atoms with Crippen molar-refractivity contribution in [2.45, 2.75) is 13.8 Å². The zero-order chi connectivity index (χ0) is 31.8. The molecule has 3 heterocycles. The summed E-state index contributed by atoms with van der Waals surface area (Å²) in [5.74, 6) is 1.04. The first-order valence-electron chi connectivity index (χ1n) is 15.9. The molecule has 0 radical (unpaired) electrons. The Labute approximate surface area is 272 Å². The normalized spacial score (nSPS) is 11.8. The molecule has 0 saturated heterocycles. The fourth-order valence-electron chi connectivity index (χ4n) is 7.20. The van der Waals surface area contributed by atoms with Gasteiger partial charge in [-0.05, 0) is 114 Å². The van der Waals surface area contributed by atoms with Crippen LogP contribution in [0, 0.1) is 13.8 Å². The lowest BCUT2D eigenvalue weighted by molar-refractivity contribution is 0.584. The quantitative estimate of drug-likeness (QED) is 0.200. The molecule has 0 unspecified atom stereocenters. The fraction of sp³-hybridized carbons (Fsp3) is 0.0952. The van der Waals surface area contributed by atoms with Crippen LogP contribution in [0.4, 0.5) is 0 Å². The third-order valence-electron chi connectivity index (χ3n) is 9.60. The molecule has 0 amide bonds. The predicted octanol–water partition coefficient (Wildman–Crippen LogP) is 10.6. The molecule has 5 heteroatoms. The van der Waals surface area contributed by atoms with Gasteiger partial charge in [0.2, 0.25) is 11.8 Å². The van der Waals surface area contributed by atoms with E-state index < -0.39 is 0 Å². The highest BCUT2D eigenvalue weighted by Crippen LogP contribution is 2.38. The van der Waals surface area contributed by atoms with Crippen LogP contribution in [0.1, 0.15) is 11.1 Å². The highest BCUT2D eigenvalue weighted by atomic mass is 16.4. The molecule has 0 bridgehead atoms. The molecule has 226 valence electrons. The molecule has 0 saturated carbocycles. The minimum Gasteiger partial charge on any atom is -0.416 e. The van der Waals surface area contributed by atoms with Gasteiger partial charge >= 0.3 is 0 Å². The average molecular weight is 609 g/mol. The second kappa shape index (κ2) is 10.3. The van der Waals surface area contributed by atoms with Crippen molar-refractivity contribution in [2.24, 2.45) is 14.1 Å². The molecule has 6 aromatic carbocycles. The lowest BCUT2D eigenvalue weighted by Gasteiger charge is -2.07. The van der Waals surface area contributed by atoms with Crippen LogP contribution >= 0.6 is 0 Å². The number of aromatic nitrogens is 4. The van der Waals surface area contributed by atoms with Gasteiger partial charge in [0.05, 0.1) is 0 Å². The molecular weight excluding hydrogens is 576 g/mol. The average Bonchev–Trinajstić information content (AvgIpc) is 3.78. The summed E-state index contributed by atoms with van der Waals surface area (Å²) in [5, 5.41) is 13.8. The first-order chi connectivity index (χ1) is 22.9. The zero-order valence-electron chi connectivity index (χ0n) is 26.7. The van der Waals surface area contributed by atoms with E-state index in [0.717, 1.165) is 27.8 Å². The van der Waals surface area contributed by atoms with Crippen LogP contribution in [0.3, 0.4) is 0 Å². The Morgan fingerprint density at radius 3 is 1.45 bits per heavy atom. The molecule has 0 aliphatic rings. The molecule has 0 aliphatic heterocycles. The van der Waals surface area contributed by atoms with E-state index >= 15 is 0 Å². The molecule has 0 N–H and O–H groups in total. The van der Waals surface area contributed by atoms with Crippen LogP contribution in [0.25, 0.3) is 88.8 Å². The van der Waals surface area contributed by atoms with E-state index in [1.165, 1.54) is 60.3 Å². The Bertz CT molecular complexity index is 2670. The van der Waals surface area contributed by atoms with Crippen LogP contribution < -0.4 is 0 Å². The van der Waals surface area contributed by atoms with Crippen LogP contribution in [-0.2, 0) is 14.1 Å². The van der Waals surface area contributed by atoms with Crippen molar-refractivity contribution < 1.29 is 4.42 Å². The van der Waals surface area contributed by atoms with E-state index in [1.54, 1.807) is 0 Å². The molecule has 5 nitrogen and oxygen atoms in total. The maximum Gasteiger partial charge on any atom is 0.248 e. The number of rotatable bonds is 4. The maximum atomic E-state index is 6.12. The summed E-state index contributed by atoms with van der Waals surface area (Å²) in [5.41, 5.74) is 13.9. The number of nitrogens with zero attached hydrogens (tertiary/aromatic N) is 4. The summed E-state index contributed by atoms with van der Waals surface area (Å²) in [6.45, 7) is 4.27. The summed E-state index contributed by atoms with van der Waals surface area (Å²) in [6.07, 6.45) is 0. The summed E-state index contributed by atoms with van der Waals surface area (Å²) >= 11 is 0. The molecule has 0 fully saturated rings. The number of hydrogen-bond acceptors (Lipinski definition) is 3. The lowest BCUT2D eigenvalue weighted by atomic mass is 9.97. The van der Waals surface area contributed by atoms with Gasteiger partial charge in [0.1, 0.15) is 0 Å². The van der Waals surface area contributed by atoms with Crippen molar-refractivity contribution in [1.82, 2.24) is 19.3 Å². The van der Waals surface area contributed by atoms with E-state index in [4.69, 9.17) is 4.42 Å². The molecular formula is C42H32N4O. The molecule has 9 aromatic rings. The van der Waals surface area contributed by atoms with Crippen molar-refractivity contribution >= 4 is 43.6 Å². The molecule has 47 heavy (non-hydrogen) atoms. The molecule has 9 rings (SSSR count). The van der Waals surface area contributed by atoms with Crippen molar-refractivity contribution in [1.29, 1.82) is 0 Å². The van der Waals surface area contributed by atoms with Crippen molar-refractivity contribution in [3.63, 3.8) is 0 Å². The lowest BCUT2D eigenvalue weighted by Crippen LogP contribution is -1.88. The largest absolute Gasteiger partial charge is 0.416 e. The zero-order valence-corrected chi connectivity index (χ0v) is 26.7. The third-order valence-corrected chi connectivity index (χ3v) is 9.60. The van der Waals surface area contributed by atoms with Gasteiger partial charge in [-0.25, -0.2) is 0 Å². The van der Waals surface area contributed by atoms with Gasteiger partial charge in [-0.3, -0.25) is 0 Å². The number of aryl methyl sites for hydroxylation is 4. The Morgan fingerprint density at radius 2 is 0.872 bits per heavy atom. The van der Waals surface area contributed by atoms with Gasteiger partial charge in [-0.1, -0.05) is 54.1 Å². The first-order valence-corrected chi connectivity index (χ1v) is 15.9. The highest BCUT2D eigenvalue weighted by molar-refractivity contribution is 6.12. The maximum absolute atomic E-state index is 6.12. The summed E-state index contributed by atoms with van der Waals surface area (Å²) < 4.78 is 10.7. The number of fused-ring (bicyclic) bond motifs is 6. The minimum atomic E-state index is 0.517. The second-order valence-corrected chi connectivity index (χ2v) is 12.7. The Morgan fingerprint density at radius 1 is 0.404 bits per heavy atom. The molecule has 0 spiro atoms. The predicted molar refractivity (Wildman–Crippen MR) is 193 cm³/mol. The van der Waals surface area contributed by atoms with E-state index in [2.05, 4.69) is 138 Å². The monoisotopic (exact) mass is 608 g/mol. The van der Waals surface area contributed by atoms with Gasteiger partial charge in [0.15, 0.2) is 0 Å². The van der Waals surface area contributed by atoms with E-state index in [1.807, 2.05) is 30.3 Å². The molecule has 3 aromatic heterocycles. The molecule has 0 atom stereocenters. The summed E-state index contributed by atoms with van der Waals surface area (Å²) in [4.78, 5) is 0. The highest BCUT2D eigenvalue weighted by Gasteiger charge is 2.16. The fourth-order valence-corrected chi connectivity index (χ4v) is 7.20. The van der Waals surface area contributed by atoms with Crippen molar-refractivity contribution in [3.05, 3.63) is 132 Å². The van der Waals surface area contributed by atoms with E-state index in [-0.39, 0.29) is 0 Å². The Balaban J connectivity index is 1.15.